The van der Waals surface area contributed by atoms with E-state index in [-0.39, 0.29) is 11.9 Å². The van der Waals surface area contributed by atoms with E-state index in [1.165, 1.54) is 22.9 Å². The molecule has 0 bridgehead atoms. The SMILES string of the molecule is CC1SCC(C(=O)O)N1C(=O)NCc1ccno1. The van der Waals surface area contributed by atoms with Crippen LogP contribution in [0.5, 0.6) is 0 Å². The molecule has 2 amide bonds. The molecule has 2 heterocycles. The second-order valence-corrected chi connectivity index (χ2v) is 5.18. The lowest BCUT2D eigenvalue weighted by Crippen LogP contribution is -2.49. The number of hydrogen-bond donors (Lipinski definition) is 2. The summed E-state index contributed by atoms with van der Waals surface area (Å²) in [5, 5.41) is 15.0. The number of hydrogen-bond acceptors (Lipinski definition) is 5. The summed E-state index contributed by atoms with van der Waals surface area (Å²) in [7, 11) is 0. The molecule has 1 fully saturated rings. The minimum Gasteiger partial charge on any atom is -0.480 e. The fraction of sp³-hybridized carbons (Fsp3) is 0.500. The summed E-state index contributed by atoms with van der Waals surface area (Å²) in [6, 6.07) is 0.452. The third-order valence-corrected chi connectivity index (χ3v) is 3.87. The first-order valence-corrected chi connectivity index (χ1v) is 6.44. The highest BCUT2D eigenvalue weighted by molar-refractivity contribution is 8.00. The maximum atomic E-state index is 11.9. The molecule has 2 atom stereocenters. The molecule has 2 rings (SSSR count). The van der Waals surface area contributed by atoms with Gasteiger partial charge >= 0.3 is 12.0 Å². The molecule has 98 valence electrons. The predicted molar refractivity (Wildman–Crippen MR) is 63.9 cm³/mol. The molecule has 7 nitrogen and oxygen atoms in total. The molecule has 1 aromatic heterocycles. The number of aromatic nitrogens is 1. The van der Waals surface area contributed by atoms with E-state index < -0.39 is 18.0 Å². The third kappa shape index (κ3) is 2.58. The lowest BCUT2D eigenvalue weighted by Gasteiger charge is -2.24. The molecule has 0 spiro atoms. The molecule has 1 aromatic rings. The fourth-order valence-electron chi connectivity index (χ4n) is 1.73. The molecule has 1 saturated heterocycles. The Morgan fingerprint density at radius 3 is 3.11 bits per heavy atom. The standard InChI is InChI=1S/C10H13N3O4S/c1-6-13(8(5-18-6)9(14)15)10(16)11-4-7-2-3-12-17-7/h2-3,6,8H,4-5H2,1H3,(H,11,16)(H,14,15). The Bertz CT molecular complexity index is 436. The summed E-state index contributed by atoms with van der Waals surface area (Å²) in [6.45, 7) is 2.00. The zero-order valence-electron chi connectivity index (χ0n) is 9.70. The van der Waals surface area contributed by atoms with Gasteiger partial charge in [-0.1, -0.05) is 5.16 Å². The predicted octanol–water partition coefficient (Wildman–Crippen LogP) is 0.732. The van der Waals surface area contributed by atoms with E-state index in [1.54, 1.807) is 6.07 Å². The van der Waals surface area contributed by atoms with Gasteiger partial charge in [-0.05, 0) is 6.92 Å². The molecular weight excluding hydrogens is 258 g/mol. The van der Waals surface area contributed by atoms with E-state index in [0.29, 0.717) is 11.5 Å². The highest BCUT2D eigenvalue weighted by Gasteiger charge is 2.39. The topological polar surface area (TPSA) is 95.7 Å². The molecule has 0 radical (unpaired) electrons. The monoisotopic (exact) mass is 271 g/mol. The molecule has 0 saturated carbocycles. The van der Waals surface area contributed by atoms with Gasteiger partial charge in [-0.25, -0.2) is 9.59 Å². The van der Waals surface area contributed by atoms with Gasteiger partial charge in [0, 0.05) is 11.8 Å². The highest BCUT2D eigenvalue weighted by Crippen LogP contribution is 2.28. The van der Waals surface area contributed by atoms with Crippen molar-refractivity contribution in [2.75, 3.05) is 5.75 Å². The van der Waals surface area contributed by atoms with Gasteiger partial charge in [0.1, 0.15) is 6.04 Å². The number of carboxylic acid groups (broad SMARTS) is 1. The summed E-state index contributed by atoms with van der Waals surface area (Å²) in [4.78, 5) is 24.3. The maximum Gasteiger partial charge on any atom is 0.327 e. The van der Waals surface area contributed by atoms with Crippen LogP contribution in [0.2, 0.25) is 0 Å². The average molecular weight is 271 g/mol. The maximum absolute atomic E-state index is 11.9. The first kappa shape index (κ1) is 12.7. The first-order chi connectivity index (χ1) is 8.59. The minimum atomic E-state index is -0.985. The van der Waals surface area contributed by atoms with E-state index in [2.05, 4.69) is 10.5 Å². The average Bonchev–Trinajstić information content (AvgIpc) is 2.94. The number of rotatable bonds is 3. The molecular formula is C10H13N3O4S. The zero-order chi connectivity index (χ0) is 13.1. The van der Waals surface area contributed by atoms with Crippen molar-refractivity contribution in [3.05, 3.63) is 18.0 Å². The van der Waals surface area contributed by atoms with Gasteiger partial charge in [0.15, 0.2) is 5.76 Å². The van der Waals surface area contributed by atoms with Gasteiger partial charge in [-0.15, -0.1) is 11.8 Å². The van der Waals surface area contributed by atoms with Crippen LogP contribution in [0.1, 0.15) is 12.7 Å². The van der Waals surface area contributed by atoms with Gasteiger partial charge in [0.05, 0.1) is 18.1 Å². The second-order valence-electron chi connectivity index (χ2n) is 3.83. The Kier molecular flexibility index (Phi) is 3.75. The van der Waals surface area contributed by atoms with Crippen molar-refractivity contribution in [3.63, 3.8) is 0 Å². The van der Waals surface area contributed by atoms with Crippen molar-refractivity contribution < 1.29 is 19.2 Å². The van der Waals surface area contributed by atoms with Crippen LogP contribution in [0.25, 0.3) is 0 Å². The number of urea groups is 1. The molecule has 2 N–H and O–H groups in total. The number of nitrogens with zero attached hydrogens (tertiary/aromatic N) is 2. The fourth-order valence-corrected chi connectivity index (χ4v) is 2.90. The molecule has 1 aliphatic heterocycles. The Balaban J connectivity index is 1.96. The van der Waals surface area contributed by atoms with E-state index in [0.717, 1.165) is 0 Å². The number of carbonyl (C=O) groups is 2. The van der Waals surface area contributed by atoms with Crippen LogP contribution < -0.4 is 5.32 Å². The quantitative estimate of drug-likeness (QED) is 0.841. The van der Waals surface area contributed by atoms with Crippen LogP contribution in [0, 0.1) is 0 Å². The summed E-state index contributed by atoms with van der Waals surface area (Å²) < 4.78 is 4.84. The van der Waals surface area contributed by atoms with E-state index >= 15 is 0 Å². The van der Waals surface area contributed by atoms with Crippen molar-refractivity contribution in [2.24, 2.45) is 0 Å². The van der Waals surface area contributed by atoms with Crippen LogP contribution in [0.15, 0.2) is 16.8 Å². The number of amides is 2. The normalized spacial score (nSPS) is 23.1. The minimum absolute atomic E-state index is 0.152. The van der Waals surface area contributed by atoms with Crippen LogP contribution >= 0.6 is 11.8 Å². The van der Waals surface area contributed by atoms with Gasteiger partial charge in [-0.2, -0.15) is 0 Å². The smallest absolute Gasteiger partial charge is 0.327 e. The summed E-state index contributed by atoms with van der Waals surface area (Å²) >= 11 is 1.44. The van der Waals surface area contributed by atoms with Crippen molar-refractivity contribution in [3.8, 4) is 0 Å². The van der Waals surface area contributed by atoms with Gasteiger partial charge < -0.3 is 14.9 Å². The van der Waals surface area contributed by atoms with E-state index in [9.17, 15) is 9.59 Å². The lowest BCUT2D eigenvalue weighted by atomic mass is 10.3. The molecule has 8 heteroatoms. The molecule has 0 aromatic carbocycles. The lowest BCUT2D eigenvalue weighted by molar-refractivity contribution is -0.141. The van der Waals surface area contributed by atoms with Crippen LogP contribution in [-0.4, -0.2) is 44.3 Å². The van der Waals surface area contributed by atoms with Crippen LogP contribution in [-0.2, 0) is 11.3 Å². The first-order valence-electron chi connectivity index (χ1n) is 5.39. The number of aliphatic carboxylic acids is 1. The van der Waals surface area contributed by atoms with Crippen molar-refractivity contribution in [2.45, 2.75) is 24.9 Å². The Hall–Kier alpha value is -1.70. The molecule has 2 unspecified atom stereocenters. The van der Waals surface area contributed by atoms with Gasteiger partial charge in [0.25, 0.3) is 0 Å². The summed E-state index contributed by atoms with van der Waals surface area (Å²) in [5.41, 5.74) is 0. The number of carboxylic acids is 1. The zero-order valence-corrected chi connectivity index (χ0v) is 10.5. The van der Waals surface area contributed by atoms with Crippen molar-refractivity contribution in [1.82, 2.24) is 15.4 Å². The Morgan fingerprint density at radius 1 is 1.72 bits per heavy atom. The number of nitrogens with one attached hydrogen (secondary N) is 1. The van der Waals surface area contributed by atoms with Crippen molar-refractivity contribution >= 4 is 23.8 Å². The second kappa shape index (κ2) is 5.30. The number of carbonyl (C=O) groups excluding carboxylic acids is 1. The molecule has 0 aliphatic carbocycles. The molecule has 1 aliphatic rings. The highest BCUT2D eigenvalue weighted by atomic mass is 32.2. The number of thioether (sulfide) groups is 1. The Labute approximate surface area is 107 Å². The van der Waals surface area contributed by atoms with Gasteiger partial charge in [0.2, 0.25) is 0 Å². The van der Waals surface area contributed by atoms with Crippen LogP contribution in [0.3, 0.4) is 0 Å². The largest absolute Gasteiger partial charge is 0.480 e. The third-order valence-electron chi connectivity index (χ3n) is 2.65. The van der Waals surface area contributed by atoms with Crippen molar-refractivity contribution in [1.29, 1.82) is 0 Å². The summed E-state index contributed by atoms with van der Waals surface area (Å²) in [5.74, 6) is -0.0527. The van der Waals surface area contributed by atoms with E-state index in [4.69, 9.17) is 9.63 Å². The van der Waals surface area contributed by atoms with E-state index in [1.807, 2.05) is 6.92 Å². The van der Waals surface area contributed by atoms with Crippen LogP contribution in [0.4, 0.5) is 4.79 Å². The van der Waals surface area contributed by atoms with Gasteiger partial charge in [-0.3, -0.25) is 4.90 Å². The summed E-state index contributed by atoms with van der Waals surface area (Å²) in [6.07, 6.45) is 1.48. The Morgan fingerprint density at radius 2 is 2.50 bits per heavy atom. The molecule has 18 heavy (non-hydrogen) atoms.